The van der Waals surface area contributed by atoms with Gasteiger partial charge in [0.1, 0.15) is 0 Å². The maximum atomic E-state index is 12.6. The third-order valence-corrected chi connectivity index (χ3v) is 5.41. The average Bonchev–Trinajstić information content (AvgIpc) is 3.01. The molecule has 3 saturated heterocycles. The quantitative estimate of drug-likeness (QED) is 0.831. The van der Waals surface area contributed by atoms with Gasteiger partial charge in [-0.3, -0.25) is 4.79 Å². The third kappa shape index (κ3) is 3.17. The molecule has 1 N–H and O–H groups in total. The molecule has 0 aromatic rings. The molecule has 3 aliphatic rings. The molecule has 2 atom stereocenters. The first-order valence-electron chi connectivity index (χ1n) is 8.50. The van der Waals surface area contributed by atoms with Gasteiger partial charge in [-0.15, -0.1) is 0 Å². The Hall–Kier alpha value is -0.610. The van der Waals surface area contributed by atoms with Crippen molar-refractivity contribution < 1.29 is 4.79 Å². The Morgan fingerprint density at radius 3 is 2.40 bits per heavy atom. The van der Waals surface area contributed by atoms with Crippen LogP contribution in [0.4, 0.5) is 0 Å². The zero-order valence-corrected chi connectivity index (χ0v) is 12.8. The highest BCUT2D eigenvalue weighted by Crippen LogP contribution is 2.24. The molecule has 0 aliphatic carbocycles. The molecule has 0 aromatic carbocycles. The number of carbonyl (C=O) groups excluding carboxylic acids is 1. The van der Waals surface area contributed by atoms with Crippen LogP contribution in [0, 0.1) is 5.92 Å². The minimum absolute atomic E-state index is 0.273. The van der Waals surface area contributed by atoms with Crippen molar-refractivity contribution in [3.8, 4) is 0 Å². The third-order valence-electron chi connectivity index (χ3n) is 5.41. The summed E-state index contributed by atoms with van der Waals surface area (Å²) in [5.74, 6) is 0.702. The summed E-state index contributed by atoms with van der Waals surface area (Å²) in [6.07, 6.45) is 7.15. The van der Waals surface area contributed by atoms with Crippen LogP contribution in [0.1, 0.15) is 45.4 Å². The number of hydrogen-bond acceptors (Lipinski definition) is 3. The lowest BCUT2D eigenvalue weighted by molar-refractivity contribution is -0.138. The second-order valence-electron chi connectivity index (χ2n) is 6.88. The number of hydrogen-bond donors (Lipinski definition) is 1. The Balaban J connectivity index is 1.48. The van der Waals surface area contributed by atoms with Crippen LogP contribution >= 0.6 is 0 Å². The number of rotatable bonds is 2. The van der Waals surface area contributed by atoms with E-state index < -0.39 is 0 Å². The molecule has 0 spiro atoms. The van der Waals surface area contributed by atoms with Gasteiger partial charge in [-0.1, -0.05) is 0 Å². The van der Waals surface area contributed by atoms with E-state index in [-0.39, 0.29) is 5.92 Å². The van der Waals surface area contributed by atoms with E-state index in [0.29, 0.717) is 11.9 Å². The Kier molecular flexibility index (Phi) is 4.61. The van der Waals surface area contributed by atoms with Gasteiger partial charge in [-0.05, 0) is 65.1 Å². The zero-order chi connectivity index (χ0) is 13.9. The zero-order valence-electron chi connectivity index (χ0n) is 12.8. The molecular formula is C16H29N3O. The molecule has 3 rings (SSSR count). The molecule has 3 aliphatic heterocycles. The van der Waals surface area contributed by atoms with E-state index in [0.717, 1.165) is 38.5 Å². The van der Waals surface area contributed by atoms with Crippen LogP contribution in [-0.2, 0) is 4.79 Å². The molecule has 2 unspecified atom stereocenters. The number of amides is 1. The summed E-state index contributed by atoms with van der Waals surface area (Å²) in [6, 6.07) is 1.24. The monoisotopic (exact) mass is 279 g/mol. The normalized spacial score (nSPS) is 33.5. The topological polar surface area (TPSA) is 35.6 Å². The van der Waals surface area contributed by atoms with Crippen molar-refractivity contribution in [2.45, 2.75) is 57.5 Å². The summed E-state index contributed by atoms with van der Waals surface area (Å²) in [4.78, 5) is 17.4. The highest BCUT2D eigenvalue weighted by molar-refractivity contribution is 5.79. The lowest BCUT2D eigenvalue weighted by Crippen LogP contribution is -2.49. The van der Waals surface area contributed by atoms with Crippen molar-refractivity contribution in [3.63, 3.8) is 0 Å². The van der Waals surface area contributed by atoms with Gasteiger partial charge in [-0.2, -0.15) is 0 Å². The van der Waals surface area contributed by atoms with Crippen LogP contribution < -0.4 is 5.32 Å². The van der Waals surface area contributed by atoms with Gasteiger partial charge in [0.2, 0.25) is 5.91 Å². The number of piperidine rings is 2. The van der Waals surface area contributed by atoms with Crippen molar-refractivity contribution in [2.75, 3.05) is 32.7 Å². The lowest BCUT2D eigenvalue weighted by Gasteiger charge is -2.39. The summed E-state index contributed by atoms with van der Waals surface area (Å²) < 4.78 is 0. The Morgan fingerprint density at radius 2 is 1.75 bits per heavy atom. The number of nitrogens with one attached hydrogen (secondary N) is 1. The molecular weight excluding hydrogens is 250 g/mol. The van der Waals surface area contributed by atoms with E-state index in [2.05, 4.69) is 22.0 Å². The van der Waals surface area contributed by atoms with Crippen molar-refractivity contribution in [1.82, 2.24) is 15.1 Å². The van der Waals surface area contributed by atoms with Crippen molar-refractivity contribution in [3.05, 3.63) is 0 Å². The lowest BCUT2D eigenvalue weighted by atomic mass is 9.91. The van der Waals surface area contributed by atoms with Gasteiger partial charge in [0.25, 0.3) is 0 Å². The highest BCUT2D eigenvalue weighted by Gasteiger charge is 2.32. The average molecular weight is 279 g/mol. The van der Waals surface area contributed by atoms with Gasteiger partial charge >= 0.3 is 0 Å². The maximum absolute atomic E-state index is 12.6. The van der Waals surface area contributed by atoms with Gasteiger partial charge in [0.15, 0.2) is 0 Å². The van der Waals surface area contributed by atoms with E-state index in [9.17, 15) is 4.79 Å². The van der Waals surface area contributed by atoms with Gasteiger partial charge < -0.3 is 15.1 Å². The number of carbonyl (C=O) groups is 1. The van der Waals surface area contributed by atoms with Crippen molar-refractivity contribution >= 4 is 5.91 Å². The minimum atomic E-state index is 0.273. The van der Waals surface area contributed by atoms with E-state index in [1.165, 1.54) is 38.8 Å². The summed E-state index contributed by atoms with van der Waals surface area (Å²) >= 11 is 0. The van der Waals surface area contributed by atoms with Crippen LogP contribution in [0.2, 0.25) is 0 Å². The van der Waals surface area contributed by atoms with E-state index in [1.54, 1.807) is 0 Å². The molecule has 4 heteroatoms. The summed E-state index contributed by atoms with van der Waals surface area (Å²) in [5.41, 5.74) is 0. The standard InChI is InChI=1S/C16H29N3O/c1-13-12-14(4-7-17-13)16(20)19-10-5-15(6-11-19)18-8-2-3-9-18/h13-15,17H,2-12H2,1H3. The molecule has 4 nitrogen and oxygen atoms in total. The first kappa shape index (κ1) is 14.3. The van der Waals surface area contributed by atoms with Crippen LogP contribution in [0.5, 0.6) is 0 Å². The summed E-state index contributed by atoms with van der Waals surface area (Å²) in [5, 5.41) is 3.44. The fourth-order valence-electron chi connectivity index (χ4n) is 4.17. The van der Waals surface area contributed by atoms with Gasteiger partial charge in [-0.25, -0.2) is 0 Å². The molecule has 0 bridgehead atoms. The Morgan fingerprint density at radius 1 is 1.05 bits per heavy atom. The molecule has 3 heterocycles. The summed E-state index contributed by atoms with van der Waals surface area (Å²) in [6.45, 7) is 7.73. The minimum Gasteiger partial charge on any atom is -0.342 e. The molecule has 0 radical (unpaired) electrons. The largest absolute Gasteiger partial charge is 0.342 e. The van der Waals surface area contributed by atoms with Crippen molar-refractivity contribution in [2.24, 2.45) is 5.92 Å². The first-order valence-corrected chi connectivity index (χ1v) is 8.50. The molecule has 3 fully saturated rings. The molecule has 20 heavy (non-hydrogen) atoms. The predicted molar refractivity (Wildman–Crippen MR) is 80.6 cm³/mol. The van der Waals surface area contributed by atoms with Crippen molar-refractivity contribution in [1.29, 1.82) is 0 Å². The molecule has 0 aromatic heterocycles. The fraction of sp³-hybridized carbons (Fsp3) is 0.938. The highest BCUT2D eigenvalue weighted by atomic mass is 16.2. The smallest absolute Gasteiger partial charge is 0.225 e. The van der Waals surface area contributed by atoms with Crippen LogP contribution in [0.25, 0.3) is 0 Å². The molecule has 114 valence electrons. The van der Waals surface area contributed by atoms with E-state index >= 15 is 0 Å². The second-order valence-corrected chi connectivity index (χ2v) is 6.88. The predicted octanol–water partition coefficient (Wildman–Crippen LogP) is 1.46. The Labute approximate surface area is 122 Å². The molecule has 0 saturated carbocycles. The second kappa shape index (κ2) is 6.44. The Bertz CT molecular complexity index is 333. The van der Waals surface area contributed by atoms with E-state index in [4.69, 9.17) is 0 Å². The SMILES string of the molecule is CC1CC(C(=O)N2CCC(N3CCCC3)CC2)CCN1. The maximum Gasteiger partial charge on any atom is 0.225 e. The van der Waals surface area contributed by atoms with Crippen LogP contribution in [-0.4, -0.2) is 60.5 Å². The fourth-order valence-corrected chi connectivity index (χ4v) is 4.17. The van der Waals surface area contributed by atoms with Crippen LogP contribution in [0.3, 0.4) is 0 Å². The number of nitrogens with zero attached hydrogens (tertiary/aromatic N) is 2. The van der Waals surface area contributed by atoms with Gasteiger partial charge in [0, 0.05) is 31.1 Å². The molecule has 1 amide bonds. The van der Waals surface area contributed by atoms with Crippen LogP contribution in [0.15, 0.2) is 0 Å². The summed E-state index contributed by atoms with van der Waals surface area (Å²) in [7, 11) is 0. The first-order chi connectivity index (χ1) is 9.74. The van der Waals surface area contributed by atoms with E-state index in [1.807, 2.05) is 0 Å². The number of likely N-dealkylation sites (tertiary alicyclic amines) is 2. The van der Waals surface area contributed by atoms with Gasteiger partial charge in [0.05, 0.1) is 0 Å².